The summed E-state index contributed by atoms with van der Waals surface area (Å²) in [5.41, 5.74) is 1.56. The van der Waals surface area contributed by atoms with Crippen molar-refractivity contribution in [2.24, 2.45) is 10.9 Å². The number of nitrogens with zero attached hydrogens (tertiary/aromatic N) is 2. The quantitative estimate of drug-likeness (QED) is 0.488. The number of hydrogen-bond acceptors (Lipinski definition) is 5. The highest BCUT2D eigenvalue weighted by Gasteiger charge is 2.27. The van der Waals surface area contributed by atoms with Crippen molar-refractivity contribution in [2.45, 2.75) is 25.9 Å². The Bertz CT molecular complexity index is 702. The molecule has 0 aromatic heterocycles. The maximum absolute atomic E-state index is 13.8. The summed E-state index contributed by atoms with van der Waals surface area (Å²) in [4.78, 5) is 18.1. The molecular formula is C19H26FN3O4. The van der Waals surface area contributed by atoms with Gasteiger partial charge in [0.25, 0.3) is 0 Å². The van der Waals surface area contributed by atoms with Crippen LogP contribution in [-0.4, -0.2) is 57.4 Å². The third kappa shape index (κ3) is 4.68. The van der Waals surface area contributed by atoms with E-state index in [2.05, 4.69) is 15.2 Å². The molecule has 0 unspecified atom stereocenters. The fourth-order valence-corrected chi connectivity index (χ4v) is 3.58. The first kappa shape index (κ1) is 19.4. The van der Waals surface area contributed by atoms with Crippen LogP contribution >= 0.6 is 0 Å². The molecule has 1 aromatic carbocycles. The minimum Gasteiger partial charge on any atom is -0.469 e. The predicted molar refractivity (Wildman–Crippen MR) is 98.1 cm³/mol. The van der Waals surface area contributed by atoms with Crippen LogP contribution in [0.15, 0.2) is 17.1 Å². The van der Waals surface area contributed by atoms with Crippen LogP contribution in [0.2, 0.25) is 0 Å². The molecule has 1 saturated heterocycles. The zero-order chi connectivity index (χ0) is 19.2. The number of piperidine rings is 1. The minimum absolute atomic E-state index is 0.0393. The molecule has 0 aliphatic carbocycles. The zero-order valence-electron chi connectivity index (χ0n) is 15.8. The number of nitrogens with one attached hydrogen (secondary N) is 1. The molecule has 0 amide bonds. The fraction of sp³-hybridized carbons (Fsp3) is 0.579. The molecule has 7 nitrogen and oxygen atoms in total. The highest BCUT2D eigenvalue weighted by atomic mass is 19.1. The molecule has 2 heterocycles. The van der Waals surface area contributed by atoms with Crippen LogP contribution in [0.4, 0.5) is 4.39 Å². The lowest BCUT2D eigenvalue weighted by atomic mass is 9.97. The largest absolute Gasteiger partial charge is 0.469 e. The molecule has 148 valence electrons. The highest BCUT2D eigenvalue weighted by Crippen LogP contribution is 2.29. The van der Waals surface area contributed by atoms with Gasteiger partial charge in [-0.25, -0.2) is 4.39 Å². The minimum atomic E-state index is -0.285. The van der Waals surface area contributed by atoms with Gasteiger partial charge in [0.05, 0.1) is 19.6 Å². The van der Waals surface area contributed by atoms with Gasteiger partial charge >= 0.3 is 5.97 Å². The first-order valence-corrected chi connectivity index (χ1v) is 9.17. The number of rotatable bonds is 4. The average Bonchev–Trinajstić information content (AvgIpc) is 2.70. The van der Waals surface area contributed by atoms with E-state index >= 15 is 0 Å². The number of esters is 1. The molecule has 27 heavy (non-hydrogen) atoms. The number of carbonyl (C=O) groups is 1. The molecule has 2 aliphatic rings. The SMILES string of the molecule is CN=C(NCCc1cc(F)cc2c1OCOC2)N1CCC(C(=O)OC)CC1. The molecule has 3 rings (SSSR count). The van der Waals surface area contributed by atoms with E-state index in [0.717, 1.165) is 48.8 Å². The van der Waals surface area contributed by atoms with Crippen LogP contribution in [0.25, 0.3) is 0 Å². The van der Waals surface area contributed by atoms with Gasteiger partial charge in [-0.15, -0.1) is 0 Å². The maximum Gasteiger partial charge on any atom is 0.308 e. The Morgan fingerprint density at radius 3 is 2.89 bits per heavy atom. The number of hydrogen-bond donors (Lipinski definition) is 1. The van der Waals surface area contributed by atoms with Gasteiger partial charge in [0.15, 0.2) is 12.8 Å². The Hall–Kier alpha value is -2.35. The number of carbonyl (C=O) groups excluding carboxylic acids is 1. The van der Waals surface area contributed by atoms with Crippen molar-refractivity contribution < 1.29 is 23.4 Å². The second kappa shape index (κ2) is 9.03. The molecular weight excluding hydrogens is 353 g/mol. The molecule has 0 atom stereocenters. The number of fused-ring (bicyclic) bond motifs is 1. The van der Waals surface area contributed by atoms with Gasteiger partial charge in [-0.05, 0) is 37.0 Å². The lowest BCUT2D eigenvalue weighted by Gasteiger charge is -2.33. The van der Waals surface area contributed by atoms with E-state index in [1.807, 2.05) is 0 Å². The van der Waals surface area contributed by atoms with Crippen molar-refractivity contribution in [3.05, 3.63) is 29.1 Å². The first-order chi connectivity index (χ1) is 13.1. The van der Waals surface area contributed by atoms with Gasteiger partial charge in [0.2, 0.25) is 0 Å². The third-order valence-electron chi connectivity index (χ3n) is 4.97. The Morgan fingerprint density at radius 1 is 1.41 bits per heavy atom. The van der Waals surface area contributed by atoms with E-state index in [4.69, 9.17) is 14.2 Å². The lowest BCUT2D eigenvalue weighted by Crippen LogP contribution is -2.47. The first-order valence-electron chi connectivity index (χ1n) is 9.17. The molecule has 0 radical (unpaired) electrons. The molecule has 1 N–H and O–H groups in total. The molecule has 2 aliphatic heterocycles. The summed E-state index contributed by atoms with van der Waals surface area (Å²) in [6, 6.07) is 2.96. The predicted octanol–water partition coefficient (Wildman–Crippen LogP) is 1.70. The van der Waals surface area contributed by atoms with E-state index in [1.165, 1.54) is 19.2 Å². The smallest absolute Gasteiger partial charge is 0.308 e. The second-order valence-electron chi connectivity index (χ2n) is 6.67. The number of ether oxygens (including phenoxy) is 3. The molecule has 0 saturated carbocycles. The van der Waals surface area contributed by atoms with Crippen molar-refractivity contribution in [2.75, 3.05) is 40.6 Å². The molecule has 0 spiro atoms. The van der Waals surface area contributed by atoms with Crippen LogP contribution in [0, 0.1) is 11.7 Å². The lowest BCUT2D eigenvalue weighted by molar-refractivity contribution is -0.146. The Morgan fingerprint density at radius 2 is 2.19 bits per heavy atom. The van der Waals surface area contributed by atoms with Crippen LogP contribution in [-0.2, 0) is 27.3 Å². The third-order valence-corrected chi connectivity index (χ3v) is 4.97. The number of likely N-dealkylation sites (tertiary alicyclic amines) is 1. The second-order valence-corrected chi connectivity index (χ2v) is 6.67. The zero-order valence-corrected chi connectivity index (χ0v) is 15.8. The van der Waals surface area contributed by atoms with Crippen molar-refractivity contribution in [3.63, 3.8) is 0 Å². The van der Waals surface area contributed by atoms with Crippen molar-refractivity contribution >= 4 is 11.9 Å². The normalized spacial score (nSPS) is 17.9. The number of aliphatic imine (C=N–C) groups is 1. The van der Waals surface area contributed by atoms with Crippen molar-refractivity contribution in [1.29, 1.82) is 0 Å². The highest BCUT2D eigenvalue weighted by molar-refractivity contribution is 5.80. The standard InChI is InChI=1S/C19H26FN3O4/c1-21-19(23-7-4-13(5-8-23)18(24)25-2)22-6-3-14-9-16(20)10-15-11-26-12-27-17(14)15/h9-10,13H,3-8,11-12H2,1-2H3,(H,21,22). The van der Waals surface area contributed by atoms with E-state index in [1.54, 1.807) is 7.05 Å². The van der Waals surface area contributed by atoms with Gasteiger partial charge in [0.1, 0.15) is 11.6 Å². The topological polar surface area (TPSA) is 72.4 Å². The van der Waals surface area contributed by atoms with Crippen LogP contribution in [0.1, 0.15) is 24.0 Å². The van der Waals surface area contributed by atoms with E-state index in [9.17, 15) is 9.18 Å². The molecule has 1 aromatic rings. The number of benzene rings is 1. The fourth-order valence-electron chi connectivity index (χ4n) is 3.58. The summed E-state index contributed by atoms with van der Waals surface area (Å²) in [5.74, 6) is 1.04. The summed E-state index contributed by atoms with van der Waals surface area (Å²) in [7, 11) is 3.16. The maximum atomic E-state index is 13.8. The van der Waals surface area contributed by atoms with Gasteiger partial charge in [-0.1, -0.05) is 0 Å². The Kier molecular flexibility index (Phi) is 6.49. The van der Waals surface area contributed by atoms with E-state index in [0.29, 0.717) is 19.6 Å². The van der Waals surface area contributed by atoms with Gasteiger partial charge in [-0.2, -0.15) is 0 Å². The van der Waals surface area contributed by atoms with Crippen LogP contribution < -0.4 is 10.1 Å². The summed E-state index contributed by atoms with van der Waals surface area (Å²) in [6.07, 6.45) is 2.11. The molecule has 1 fully saturated rings. The monoisotopic (exact) mass is 379 g/mol. The number of guanidine groups is 1. The molecule has 0 bridgehead atoms. The van der Waals surface area contributed by atoms with Crippen LogP contribution in [0.5, 0.6) is 5.75 Å². The molecule has 8 heteroatoms. The van der Waals surface area contributed by atoms with E-state index < -0.39 is 0 Å². The van der Waals surface area contributed by atoms with Gasteiger partial charge in [-0.3, -0.25) is 9.79 Å². The average molecular weight is 379 g/mol. The number of halogens is 1. The van der Waals surface area contributed by atoms with Crippen LogP contribution in [0.3, 0.4) is 0 Å². The summed E-state index contributed by atoms with van der Waals surface area (Å²) < 4.78 is 29.4. The van der Waals surface area contributed by atoms with Crippen molar-refractivity contribution in [3.8, 4) is 5.75 Å². The van der Waals surface area contributed by atoms with Gasteiger partial charge in [0, 0.05) is 32.2 Å². The van der Waals surface area contributed by atoms with E-state index in [-0.39, 0.29) is 24.5 Å². The summed E-state index contributed by atoms with van der Waals surface area (Å²) >= 11 is 0. The Labute approximate surface area is 158 Å². The Balaban J connectivity index is 1.54. The van der Waals surface area contributed by atoms with Gasteiger partial charge < -0.3 is 24.4 Å². The summed E-state index contributed by atoms with van der Waals surface area (Å²) in [6.45, 7) is 2.65. The number of methoxy groups -OCH3 is 1. The van der Waals surface area contributed by atoms with Crippen molar-refractivity contribution in [1.82, 2.24) is 10.2 Å². The summed E-state index contributed by atoms with van der Waals surface area (Å²) in [5, 5.41) is 3.32.